The minimum atomic E-state index is -0.442. The standard InChI is InChI=1S/C11H19N5O3/c1-3-4-15(8-11(18)19-2)10(17)7-16-6-9(5-12)13-14-16/h6H,3-5,7-8,12H2,1-2H3. The smallest absolute Gasteiger partial charge is 0.325 e. The Hall–Kier alpha value is -1.96. The molecule has 19 heavy (non-hydrogen) atoms. The topological polar surface area (TPSA) is 103 Å². The van der Waals surface area contributed by atoms with Gasteiger partial charge in [0, 0.05) is 13.1 Å². The zero-order chi connectivity index (χ0) is 14.3. The summed E-state index contributed by atoms with van der Waals surface area (Å²) in [6.07, 6.45) is 2.37. The predicted octanol–water partition coefficient (Wildman–Crippen LogP) is -0.852. The van der Waals surface area contributed by atoms with Crippen LogP contribution in [0.4, 0.5) is 0 Å². The number of hydrogen-bond acceptors (Lipinski definition) is 6. The van der Waals surface area contributed by atoms with Crippen LogP contribution in [0.2, 0.25) is 0 Å². The van der Waals surface area contributed by atoms with Gasteiger partial charge in [-0.2, -0.15) is 0 Å². The number of carbonyl (C=O) groups excluding carboxylic acids is 2. The first kappa shape index (κ1) is 15.1. The van der Waals surface area contributed by atoms with E-state index < -0.39 is 5.97 Å². The molecule has 0 spiro atoms. The van der Waals surface area contributed by atoms with E-state index in [9.17, 15) is 9.59 Å². The lowest BCUT2D eigenvalue weighted by molar-refractivity contribution is -0.147. The Balaban J connectivity index is 2.62. The zero-order valence-corrected chi connectivity index (χ0v) is 11.2. The SMILES string of the molecule is CCCN(CC(=O)OC)C(=O)Cn1cc(CN)nn1. The molecule has 1 heterocycles. The van der Waals surface area contributed by atoms with Crippen molar-refractivity contribution in [1.82, 2.24) is 19.9 Å². The third-order valence-electron chi connectivity index (χ3n) is 2.49. The summed E-state index contributed by atoms with van der Waals surface area (Å²) in [7, 11) is 1.29. The Bertz CT molecular complexity index is 432. The number of ether oxygens (including phenoxy) is 1. The van der Waals surface area contributed by atoms with Crippen LogP contribution >= 0.6 is 0 Å². The van der Waals surface area contributed by atoms with Crippen molar-refractivity contribution in [2.75, 3.05) is 20.2 Å². The second-order valence-corrected chi connectivity index (χ2v) is 4.00. The van der Waals surface area contributed by atoms with E-state index in [2.05, 4.69) is 15.0 Å². The highest BCUT2D eigenvalue weighted by atomic mass is 16.5. The van der Waals surface area contributed by atoms with Gasteiger partial charge < -0.3 is 15.4 Å². The lowest BCUT2D eigenvalue weighted by Gasteiger charge is -2.20. The van der Waals surface area contributed by atoms with Gasteiger partial charge in [0.05, 0.1) is 19.0 Å². The van der Waals surface area contributed by atoms with E-state index in [0.29, 0.717) is 12.2 Å². The summed E-state index contributed by atoms with van der Waals surface area (Å²) in [5, 5.41) is 7.59. The molecule has 1 aromatic rings. The van der Waals surface area contributed by atoms with Gasteiger partial charge in [-0.1, -0.05) is 12.1 Å². The minimum Gasteiger partial charge on any atom is -0.468 e. The number of nitrogens with two attached hydrogens (primary N) is 1. The van der Waals surface area contributed by atoms with Gasteiger partial charge >= 0.3 is 5.97 Å². The van der Waals surface area contributed by atoms with Crippen LogP contribution in [0.5, 0.6) is 0 Å². The normalized spacial score (nSPS) is 10.3. The van der Waals surface area contributed by atoms with Gasteiger partial charge in [-0.25, -0.2) is 4.68 Å². The highest BCUT2D eigenvalue weighted by Crippen LogP contribution is 1.98. The number of nitrogens with zero attached hydrogens (tertiary/aromatic N) is 4. The van der Waals surface area contributed by atoms with E-state index in [1.54, 1.807) is 6.20 Å². The van der Waals surface area contributed by atoms with Crippen molar-refractivity contribution in [2.45, 2.75) is 26.4 Å². The average molecular weight is 269 g/mol. The largest absolute Gasteiger partial charge is 0.468 e. The van der Waals surface area contributed by atoms with Crippen molar-refractivity contribution in [3.05, 3.63) is 11.9 Å². The minimum absolute atomic E-state index is 0.0317. The molecular weight excluding hydrogens is 250 g/mol. The number of aromatic nitrogens is 3. The fourth-order valence-electron chi connectivity index (χ4n) is 1.53. The molecule has 0 saturated heterocycles. The summed E-state index contributed by atoms with van der Waals surface area (Å²) >= 11 is 0. The number of hydrogen-bond donors (Lipinski definition) is 1. The Labute approximate surface area is 111 Å². The van der Waals surface area contributed by atoms with Crippen LogP contribution in [-0.2, 0) is 27.4 Å². The molecule has 1 rings (SSSR count). The number of carbonyl (C=O) groups is 2. The number of methoxy groups -OCH3 is 1. The van der Waals surface area contributed by atoms with E-state index in [0.717, 1.165) is 6.42 Å². The van der Waals surface area contributed by atoms with Crippen LogP contribution in [0.15, 0.2) is 6.20 Å². The second-order valence-electron chi connectivity index (χ2n) is 4.00. The maximum atomic E-state index is 12.0. The summed E-state index contributed by atoms with van der Waals surface area (Å²) in [5.74, 6) is -0.649. The quantitative estimate of drug-likeness (QED) is 0.647. The molecule has 0 saturated carbocycles. The van der Waals surface area contributed by atoms with Crippen molar-refractivity contribution in [3.63, 3.8) is 0 Å². The van der Waals surface area contributed by atoms with Gasteiger partial charge in [0.2, 0.25) is 5.91 Å². The maximum Gasteiger partial charge on any atom is 0.325 e. The van der Waals surface area contributed by atoms with Crippen molar-refractivity contribution >= 4 is 11.9 Å². The van der Waals surface area contributed by atoms with Crippen LogP contribution in [0.3, 0.4) is 0 Å². The Morgan fingerprint density at radius 1 is 1.53 bits per heavy atom. The van der Waals surface area contributed by atoms with Crippen molar-refractivity contribution in [2.24, 2.45) is 5.73 Å². The summed E-state index contributed by atoms with van der Waals surface area (Å²) in [4.78, 5) is 24.7. The summed E-state index contributed by atoms with van der Waals surface area (Å²) < 4.78 is 5.97. The number of rotatable bonds is 7. The Morgan fingerprint density at radius 3 is 2.79 bits per heavy atom. The van der Waals surface area contributed by atoms with Crippen LogP contribution in [0, 0.1) is 0 Å². The molecule has 0 unspecified atom stereocenters. The monoisotopic (exact) mass is 269 g/mol. The van der Waals surface area contributed by atoms with Crippen LogP contribution < -0.4 is 5.73 Å². The molecule has 1 aromatic heterocycles. The van der Waals surface area contributed by atoms with Gasteiger partial charge in [0.15, 0.2) is 0 Å². The van der Waals surface area contributed by atoms with Crippen LogP contribution in [-0.4, -0.2) is 52.0 Å². The van der Waals surface area contributed by atoms with Gasteiger partial charge in [-0.3, -0.25) is 9.59 Å². The molecule has 0 aliphatic heterocycles. The molecule has 0 fully saturated rings. The van der Waals surface area contributed by atoms with Crippen LogP contribution in [0.25, 0.3) is 0 Å². The summed E-state index contributed by atoms with van der Waals surface area (Å²) in [6.45, 7) is 2.67. The summed E-state index contributed by atoms with van der Waals surface area (Å²) in [5.41, 5.74) is 6.03. The lowest BCUT2D eigenvalue weighted by atomic mass is 10.3. The zero-order valence-electron chi connectivity index (χ0n) is 11.2. The average Bonchev–Trinajstić information content (AvgIpc) is 2.85. The van der Waals surface area contributed by atoms with E-state index in [4.69, 9.17) is 5.73 Å². The summed E-state index contributed by atoms with van der Waals surface area (Å²) in [6, 6.07) is 0. The molecule has 0 aliphatic carbocycles. The molecule has 8 nitrogen and oxygen atoms in total. The highest BCUT2D eigenvalue weighted by Gasteiger charge is 2.17. The van der Waals surface area contributed by atoms with Gasteiger partial charge in [-0.15, -0.1) is 5.10 Å². The van der Waals surface area contributed by atoms with Crippen LogP contribution in [0.1, 0.15) is 19.0 Å². The molecule has 2 N–H and O–H groups in total. The number of amides is 1. The second kappa shape index (κ2) is 7.47. The predicted molar refractivity (Wildman–Crippen MR) is 66.8 cm³/mol. The molecule has 8 heteroatoms. The van der Waals surface area contributed by atoms with Crippen molar-refractivity contribution in [1.29, 1.82) is 0 Å². The van der Waals surface area contributed by atoms with E-state index in [-0.39, 0.29) is 25.5 Å². The maximum absolute atomic E-state index is 12.0. The molecule has 0 aliphatic rings. The first-order valence-corrected chi connectivity index (χ1v) is 6.04. The Morgan fingerprint density at radius 2 is 2.26 bits per heavy atom. The van der Waals surface area contributed by atoms with Gasteiger partial charge in [-0.05, 0) is 6.42 Å². The highest BCUT2D eigenvalue weighted by molar-refractivity contribution is 5.81. The van der Waals surface area contributed by atoms with Crippen molar-refractivity contribution < 1.29 is 14.3 Å². The fraction of sp³-hybridized carbons (Fsp3) is 0.636. The fourth-order valence-corrected chi connectivity index (χ4v) is 1.53. The molecule has 0 atom stereocenters. The lowest BCUT2D eigenvalue weighted by Crippen LogP contribution is -2.38. The molecule has 0 bridgehead atoms. The Kier molecular flexibility index (Phi) is 5.94. The first-order chi connectivity index (χ1) is 9.10. The molecule has 106 valence electrons. The van der Waals surface area contributed by atoms with Gasteiger partial charge in [0.25, 0.3) is 0 Å². The molecular formula is C11H19N5O3. The van der Waals surface area contributed by atoms with Gasteiger partial charge in [0.1, 0.15) is 13.1 Å². The number of esters is 1. The third-order valence-corrected chi connectivity index (χ3v) is 2.49. The van der Waals surface area contributed by atoms with E-state index >= 15 is 0 Å². The molecule has 0 radical (unpaired) electrons. The van der Waals surface area contributed by atoms with Crippen molar-refractivity contribution in [3.8, 4) is 0 Å². The van der Waals surface area contributed by atoms with E-state index in [1.807, 2.05) is 6.92 Å². The third kappa shape index (κ3) is 4.66. The van der Waals surface area contributed by atoms with E-state index in [1.165, 1.54) is 16.7 Å². The first-order valence-electron chi connectivity index (χ1n) is 6.04. The molecule has 0 aromatic carbocycles. The molecule has 1 amide bonds.